The summed E-state index contributed by atoms with van der Waals surface area (Å²) in [5.41, 5.74) is -1.49. The quantitative estimate of drug-likeness (QED) is 0.544. The molecule has 0 aliphatic rings. The molecule has 0 aliphatic heterocycles. The molecule has 0 aromatic carbocycles. The molecule has 90 valence electrons. The summed E-state index contributed by atoms with van der Waals surface area (Å²) in [7, 11) is 0. The van der Waals surface area contributed by atoms with Crippen LogP contribution in [0, 0.1) is 11.3 Å². The van der Waals surface area contributed by atoms with Crippen LogP contribution >= 0.6 is 0 Å². The number of nitriles is 1. The van der Waals surface area contributed by atoms with Gasteiger partial charge in [0.25, 0.3) is 0 Å². The third-order valence-corrected chi connectivity index (χ3v) is 1.61. The first kappa shape index (κ1) is 14.6. The van der Waals surface area contributed by atoms with E-state index in [1.807, 2.05) is 26.8 Å². The monoisotopic (exact) mass is 225 g/mol. The Labute approximate surface area is 96.5 Å². The van der Waals surface area contributed by atoms with E-state index in [0.717, 1.165) is 0 Å². The highest BCUT2D eigenvalue weighted by Crippen LogP contribution is 2.19. The average molecular weight is 225 g/mol. The second kappa shape index (κ2) is 5.59. The van der Waals surface area contributed by atoms with E-state index in [1.54, 1.807) is 13.8 Å². The van der Waals surface area contributed by atoms with Crippen LogP contribution in [0.25, 0.3) is 0 Å². The van der Waals surface area contributed by atoms with Gasteiger partial charge in [0.2, 0.25) is 0 Å². The van der Waals surface area contributed by atoms with Gasteiger partial charge in [-0.2, -0.15) is 15.5 Å². The average Bonchev–Trinajstić information content (AvgIpc) is 2.14. The van der Waals surface area contributed by atoms with Gasteiger partial charge in [-0.3, -0.25) is 4.79 Å². The molecule has 0 bridgehead atoms. The van der Waals surface area contributed by atoms with E-state index >= 15 is 0 Å². The fourth-order valence-electron chi connectivity index (χ4n) is 0.851. The van der Waals surface area contributed by atoms with Crippen molar-refractivity contribution in [3.8, 4) is 6.07 Å². The Balaban J connectivity index is 4.63. The molecule has 1 atom stereocenters. The van der Waals surface area contributed by atoms with Crippen molar-refractivity contribution < 1.29 is 9.53 Å². The standard InChI is InChI=1S/C11H19N3O2/c1-6-16-9(15)7-11(5,8-12)14-13-10(2,3)4/h6-7H2,1-5H3/b14-13+. The van der Waals surface area contributed by atoms with E-state index < -0.39 is 11.5 Å². The summed E-state index contributed by atoms with van der Waals surface area (Å²) >= 11 is 0. The summed E-state index contributed by atoms with van der Waals surface area (Å²) in [5, 5.41) is 16.9. The van der Waals surface area contributed by atoms with Gasteiger partial charge in [0.1, 0.15) is 0 Å². The molecule has 0 aromatic rings. The Hall–Kier alpha value is -1.44. The minimum Gasteiger partial charge on any atom is -0.466 e. The van der Waals surface area contributed by atoms with Gasteiger partial charge >= 0.3 is 5.97 Å². The van der Waals surface area contributed by atoms with Gasteiger partial charge in [0, 0.05) is 0 Å². The predicted molar refractivity (Wildman–Crippen MR) is 59.9 cm³/mol. The highest BCUT2D eigenvalue weighted by molar-refractivity contribution is 5.71. The molecule has 0 saturated carbocycles. The van der Waals surface area contributed by atoms with E-state index in [2.05, 4.69) is 10.2 Å². The van der Waals surface area contributed by atoms with Crippen molar-refractivity contribution in [3.63, 3.8) is 0 Å². The summed E-state index contributed by atoms with van der Waals surface area (Å²) in [6.07, 6.45) is -0.0725. The second-order valence-corrected chi connectivity index (χ2v) is 4.74. The number of azo groups is 1. The van der Waals surface area contributed by atoms with Gasteiger partial charge in [-0.1, -0.05) is 0 Å². The summed E-state index contributed by atoms with van der Waals surface area (Å²) < 4.78 is 4.78. The molecule has 0 rings (SSSR count). The Bertz CT molecular complexity index is 312. The van der Waals surface area contributed by atoms with Gasteiger partial charge in [0.05, 0.1) is 24.6 Å². The zero-order chi connectivity index (χ0) is 12.8. The summed E-state index contributed by atoms with van der Waals surface area (Å²) in [5.74, 6) is -0.431. The Morgan fingerprint density at radius 3 is 2.25 bits per heavy atom. The number of nitrogens with zero attached hydrogens (tertiary/aromatic N) is 3. The van der Waals surface area contributed by atoms with Crippen LogP contribution in [-0.2, 0) is 9.53 Å². The van der Waals surface area contributed by atoms with E-state index in [9.17, 15) is 4.79 Å². The maximum Gasteiger partial charge on any atom is 0.309 e. The van der Waals surface area contributed by atoms with Crippen LogP contribution in [0.3, 0.4) is 0 Å². The van der Waals surface area contributed by atoms with E-state index in [0.29, 0.717) is 6.61 Å². The molecule has 5 nitrogen and oxygen atoms in total. The molecular weight excluding hydrogens is 206 g/mol. The Kier molecular flexibility index (Phi) is 5.09. The number of carbonyl (C=O) groups excluding carboxylic acids is 1. The second-order valence-electron chi connectivity index (χ2n) is 4.74. The summed E-state index contributed by atoms with van der Waals surface area (Å²) in [6, 6.07) is 1.98. The van der Waals surface area contributed by atoms with E-state index in [1.165, 1.54) is 0 Å². The minimum atomic E-state index is -1.14. The molecule has 5 heteroatoms. The smallest absolute Gasteiger partial charge is 0.309 e. The van der Waals surface area contributed by atoms with Gasteiger partial charge in [0.15, 0.2) is 5.54 Å². The molecule has 0 amide bonds. The maximum atomic E-state index is 11.3. The van der Waals surface area contributed by atoms with Crippen molar-refractivity contribution in [2.45, 2.75) is 52.1 Å². The molecule has 0 spiro atoms. The van der Waals surface area contributed by atoms with Crippen LogP contribution in [0.15, 0.2) is 10.2 Å². The first-order valence-corrected chi connectivity index (χ1v) is 5.23. The molecule has 0 N–H and O–H groups in total. The zero-order valence-corrected chi connectivity index (χ0v) is 10.6. The van der Waals surface area contributed by atoms with Crippen LogP contribution in [0.1, 0.15) is 41.0 Å². The predicted octanol–water partition coefficient (Wildman–Crippen LogP) is 2.47. The molecule has 0 saturated heterocycles. The molecule has 0 aliphatic carbocycles. The van der Waals surface area contributed by atoms with Crippen LogP contribution in [0.5, 0.6) is 0 Å². The summed E-state index contributed by atoms with van der Waals surface area (Å²) in [6.45, 7) is 9.21. The Morgan fingerprint density at radius 1 is 1.31 bits per heavy atom. The van der Waals surface area contributed by atoms with E-state index in [-0.39, 0.29) is 12.0 Å². The topological polar surface area (TPSA) is 74.8 Å². The van der Waals surface area contributed by atoms with Gasteiger partial charge in [-0.25, -0.2) is 0 Å². The Morgan fingerprint density at radius 2 is 1.88 bits per heavy atom. The number of rotatable bonds is 4. The molecule has 0 fully saturated rings. The highest BCUT2D eigenvalue weighted by Gasteiger charge is 2.28. The molecule has 1 unspecified atom stereocenters. The molecule has 16 heavy (non-hydrogen) atoms. The minimum absolute atomic E-state index is 0.0725. The van der Waals surface area contributed by atoms with Crippen molar-refractivity contribution in [3.05, 3.63) is 0 Å². The maximum absolute atomic E-state index is 11.3. The molecular formula is C11H19N3O2. The first-order chi connectivity index (χ1) is 7.22. The largest absolute Gasteiger partial charge is 0.466 e. The van der Waals surface area contributed by atoms with Crippen molar-refractivity contribution in [1.29, 1.82) is 5.26 Å². The lowest BCUT2D eigenvalue weighted by Crippen LogP contribution is -2.26. The molecule has 0 radical (unpaired) electrons. The lowest BCUT2D eigenvalue weighted by atomic mass is 10.0. The number of carbonyl (C=O) groups is 1. The van der Waals surface area contributed by atoms with Crippen LogP contribution < -0.4 is 0 Å². The molecule has 0 aromatic heterocycles. The van der Waals surface area contributed by atoms with Crippen molar-refractivity contribution >= 4 is 5.97 Å². The number of hydrogen-bond acceptors (Lipinski definition) is 5. The fraction of sp³-hybridized carbons (Fsp3) is 0.818. The highest BCUT2D eigenvalue weighted by atomic mass is 16.5. The third-order valence-electron chi connectivity index (χ3n) is 1.61. The van der Waals surface area contributed by atoms with Crippen LogP contribution in [0.4, 0.5) is 0 Å². The van der Waals surface area contributed by atoms with Gasteiger partial charge in [-0.05, 0) is 34.6 Å². The third kappa shape index (κ3) is 6.12. The van der Waals surface area contributed by atoms with E-state index in [4.69, 9.17) is 10.00 Å². The SMILES string of the molecule is CCOC(=O)CC(C)(C#N)/N=N/C(C)(C)C. The lowest BCUT2D eigenvalue weighted by Gasteiger charge is -2.17. The van der Waals surface area contributed by atoms with Gasteiger partial charge < -0.3 is 4.74 Å². The lowest BCUT2D eigenvalue weighted by molar-refractivity contribution is -0.143. The first-order valence-electron chi connectivity index (χ1n) is 5.23. The van der Waals surface area contributed by atoms with Crippen molar-refractivity contribution in [2.24, 2.45) is 10.2 Å². The zero-order valence-electron chi connectivity index (χ0n) is 10.6. The number of ether oxygens (including phenoxy) is 1. The van der Waals surface area contributed by atoms with Crippen molar-refractivity contribution in [1.82, 2.24) is 0 Å². The molecule has 0 heterocycles. The van der Waals surface area contributed by atoms with Crippen molar-refractivity contribution in [2.75, 3.05) is 6.61 Å². The number of esters is 1. The van der Waals surface area contributed by atoms with Crippen LogP contribution in [-0.4, -0.2) is 23.7 Å². The van der Waals surface area contributed by atoms with Gasteiger partial charge in [-0.15, -0.1) is 0 Å². The normalized spacial score (nSPS) is 15.5. The summed E-state index contributed by atoms with van der Waals surface area (Å²) in [4.78, 5) is 11.3. The number of hydrogen-bond donors (Lipinski definition) is 0. The fourth-order valence-corrected chi connectivity index (χ4v) is 0.851. The van der Waals surface area contributed by atoms with Crippen LogP contribution in [0.2, 0.25) is 0 Å².